The molecule has 166 valence electrons. The number of para-hydroxylation sites is 1. The summed E-state index contributed by atoms with van der Waals surface area (Å²) in [7, 11) is 0. The van der Waals surface area contributed by atoms with Gasteiger partial charge in [0.1, 0.15) is 5.56 Å². The number of nitrogens with one attached hydrogen (secondary N) is 1. The molecule has 0 bridgehead atoms. The van der Waals surface area contributed by atoms with Crippen LogP contribution in [0.15, 0.2) is 75.1 Å². The molecule has 1 aromatic carbocycles. The van der Waals surface area contributed by atoms with E-state index in [4.69, 9.17) is 4.52 Å². The summed E-state index contributed by atoms with van der Waals surface area (Å²) >= 11 is 1.72. The minimum atomic E-state index is -0.424. The van der Waals surface area contributed by atoms with Crippen LogP contribution in [0.1, 0.15) is 44.0 Å². The van der Waals surface area contributed by atoms with Gasteiger partial charge in [-0.3, -0.25) is 14.6 Å². The van der Waals surface area contributed by atoms with Gasteiger partial charge in [-0.1, -0.05) is 23.4 Å². The van der Waals surface area contributed by atoms with Crippen LogP contribution in [0.5, 0.6) is 0 Å². The van der Waals surface area contributed by atoms with Crippen LogP contribution >= 0.6 is 11.8 Å². The lowest BCUT2D eigenvalue weighted by Crippen LogP contribution is -2.32. The number of fused-ring (bicyclic) bond motifs is 3. The molecule has 0 saturated heterocycles. The van der Waals surface area contributed by atoms with Gasteiger partial charge in [-0.05, 0) is 37.6 Å². The summed E-state index contributed by atoms with van der Waals surface area (Å²) in [4.78, 5) is 31.8. The Kier molecular flexibility index (Phi) is 5.60. The second-order valence-corrected chi connectivity index (χ2v) is 9.23. The molecule has 1 aliphatic rings. The Bertz CT molecular complexity index is 1390. The van der Waals surface area contributed by atoms with E-state index in [1.807, 2.05) is 54.9 Å². The average Bonchev–Trinajstić information content (AvgIpc) is 3.14. The SMILES string of the molecule is Cc1cc(CNC(=O)c2c3n(c(C)cc2=O)-c2ccccc2SC(c2cccnc2)C3)on1. The van der Waals surface area contributed by atoms with E-state index >= 15 is 0 Å². The second-order valence-electron chi connectivity index (χ2n) is 7.99. The zero-order valence-corrected chi connectivity index (χ0v) is 19.1. The highest BCUT2D eigenvalue weighted by atomic mass is 32.2. The van der Waals surface area contributed by atoms with Gasteiger partial charge in [-0.25, -0.2) is 0 Å². The maximum Gasteiger partial charge on any atom is 0.257 e. The highest BCUT2D eigenvalue weighted by Gasteiger charge is 2.29. The molecule has 4 aromatic rings. The maximum absolute atomic E-state index is 13.3. The highest BCUT2D eigenvalue weighted by Crippen LogP contribution is 2.44. The summed E-state index contributed by atoms with van der Waals surface area (Å²) in [6, 6.07) is 15.3. The first-order valence-corrected chi connectivity index (χ1v) is 11.5. The van der Waals surface area contributed by atoms with E-state index < -0.39 is 5.91 Å². The van der Waals surface area contributed by atoms with Crippen molar-refractivity contribution in [3.63, 3.8) is 0 Å². The molecule has 8 heteroatoms. The first-order valence-electron chi connectivity index (χ1n) is 10.6. The topological polar surface area (TPSA) is 90.0 Å². The minimum Gasteiger partial charge on any atom is -0.359 e. The standard InChI is InChI=1S/C25H22N4O3S/c1-15-10-18(32-28-15)14-27-25(31)24-20-12-23(17-6-5-9-26-13-17)33-22-8-4-3-7-19(22)29(20)16(2)11-21(24)30/h3-11,13,23H,12,14H2,1-2H3,(H,27,31). The predicted octanol–water partition coefficient (Wildman–Crippen LogP) is 4.16. The van der Waals surface area contributed by atoms with Gasteiger partial charge >= 0.3 is 0 Å². The number of hydrogen-bond donors (Lipinski definition) is 1. The molecule has 1 aliphatic heterocycles. The van der Waals surface area contributed by atoms with Crippen molar-refractivity contribution in [1.82, 2.24) is 20.0 Å². The maximum atomic E-state index is 13.3. The molecule has 0 fully saturated rings. The third-order valence-electron chi connectivity index (χ3n) is 5.63. The lowest BCUT2D eigenvalue weighted by molar-refractivity contribution is 0.0944. The Morgan fingerprint density at radius 3 is 2.82 bits per heavy atom. The van der Waals surface area contributed by atoms with Crippen molar-refractivity contribution in [2.45, 2.75) is 37.0 Å². The first-order chi connectivity index (χ1) is 16.0. The smallest absolute Gasteiger partial charge is 0.257 e. The quantitative estimate of drug-likeness (QED) is 0.494. The van der Waals surface area contributed by atoms with E-state index in [1.54, 1.807) is 24.0 Å². The zero-order valence-electron chi connectivity index (χ0n) is 18.2. The van der Waals surface area contributed by atoms with Crippen molar-refractivity contribution < 1.29 is 9.32 Å². The lowest BCUT2D eigenvalue weighted by atomic mass is 10.0. The van der Waals surface area contributed by atoms with Gasteiger partial charge in [0.2, 0.25) is 0 Å². The second kappa shape index (κ2) is 8.71. The largest absolute Gasteiger partial charge is 0.359 e. The Morgan fingerprint density at radius 1 is 1.21 bits per heavy atom. The average molecular weight is 459 g/mol. The van der Waals surface area contributed by atoms with Gasteiger partial charge in [0.15, 0.2) is 11.2 Å². The zero-order chi connectivity index (χ0) is 22.9. The number of benzene rings is 1. The molecule has 0 radical (unpaired) electrons. The number of amides is 1. The molecule has 7 nitrogen and oxygen atoms in total. The lowest BCUT2D eigenvalue weighted by Gasteiger charge is -2.20. The van der Waals surface area contributed by atoms with Crippen LogP contribution in [-0.4, -0.2) is 20.6 Å². The Hall–Kier alpha value is -3.65. The van der Waals surface area contributed by atoms with Crippen LogP contribution in [0.25, 0.3) is 5.69 Å². The van der Waals surface area contributed by atoms with E-state index in [-0.39, 0.29) is 22.8 Å². The fourth-order valence-electron chi connectivity index (χ4n) is 4.18. The minimum absolute atomic E-state index is 0.00160. The summed E-state index contributed by atoms with van der Waals surface area (Å²) in [5.41, 5.74) is 4.08. The fourth-order valence-corrected chi connectivity index (χ4v) is 5.45. The van der Waals surface area contributed by atoms with Gasteiger partial charge < -0.3 is 14.4 Å². The Balaban J connectivity index is 1.63. The van der Waals surface area contributed by atoms with Crippen LogP contribution in [0.3, 0.4) is 0 Å². The third-order valence-corrected chi connectivity index (χ3v) is 6.96. The number of carbonyl (C=O) groups excluding carboxylic acids is 1. The van der Waals surface area contributed by atoms with Crippen molar-refractivity contribution in [1.29, 1.82) is 0 Å². The van der Waals surface area contributed by atoms with E-state index in [1.165, 1.54) is 6.07 Å². The molecule has 1 amide bonds. The highest BCUT2D eigenvalue weighted by molar-refractivity contribution is 7.99. The molecular weight excluding hydrogens is 436 g/mol. The summed E-state index contributed by atoms with van der Waals surface area (Å²) in [5.74, 6) is 0.111. The summed E-state index contributed by atoms with van der Waals surface area (Å²) < 4.78 is 7.23. The molecule has 0 spiro atoms. The summed E-state index contributed by atoms with van der Waals surface area (Å²) in [6.07, 6.45) is 4.09. The Morgan fingerprint density at radius 2 is 2.06 bits per heavy atom. The van der Waals surface area contributed by atoms with Gasteiger partial charge in [-0.2, -0.15) is 0 Å². The third kappa shape index (κ3) is 4.09. The van der Waals surface area contributed by atoms with Crippen LogP contribution in [0.4, 0.5) is 0 Å². The molecule has 0 aliphatic carbocycles. The van der Waals surface area contributed by atoms with E-state index in [0.29, 0.717) is 17.9 Å². The molecule has 1 unspecified atom stereocenters. The van der Waals surface area contributed by atoms with Crippen LogP contribution in [0, 0.1) is 13.8 Å². The molecular formula is C25H22N4O3S. The van der Waals surface area contributed by atoms with Gasteiger partial charge in [0.05, 0.1) is 17.9 Å². The van der Waals surface area contributed by atoms with Crippen molar-refractivity contribution in [2.75, 3.05) is 0 Å². The molecule has 1 atom stereocenters. The predicted molar refractivity (Wildman–Crippen MR) is 126 cm³/mol. The monoisotopic (exact) mass is 458 g/mol. The molecule has 4 heterocycles. The number of hydrogen-bond acceptors (Lipinski definition) is 6. The summed E-state index contributed by atoms with van der Waals surface area (Å²) in [5, 5.41) is 6.68. The molecule has 33 heavy (non-hydrogen) atoms. The normalized spacial score (nSPS) is 14.8. The van der Waals surface area contributed by atoms with Crippen LogP contribution < -0.4 is 10.7 Å². The number of aromatic nitrogens is 3. The van der Waals surface area contributed by atoms with E-state index in [9.17, 15) is 9.59 Å². The van der Waals surface area contributed by atoms with Gasteiger partial charge in [0.25, 0.3) is 5.91 Å². The van der Waals surface area contributed by atoms with Crippen LogP contribution in [-0.2, 0) is 13.0 Å². The Labute approximate surface area is 194 Å². The number of thioether (sulfide) groups is 1. The number of carbonyl (C=O) groups is 1. The number of pyridine rings is 2. The van der Waals surface area contributed by atoms with Crippen molar-refractivity contribution in [3.8, 4) is 5.69 Å². The molecule has 3 aromatic heterocycles. The molecule has 0 saturated carbocycles. The number of rotatable bonds is 4. The van der Waals surface area contributed by atoms with Gasteiger partial charge in [0, 0.05) is 52.5 Å². The fraction of sp³-hybridized carbons (Fsp3) is 0.200. The molecule has 5 rings (SSSR count). The molecule has 1 N–H and O–H groups in total. The van der Waals surface area contributed by atoms with Crippen molar-refractivity contribution >= 4 is 17.7 Å². The van der Waals surface area contributed by atoms with Crippen molar-refractivity contribution in [3.05, 3.63) is 105 Å². The van der Waals surface area contributed by atoms with E-state index in [0.717, 1.165) is 27.5 Å². The first kappa shape index (κ1) is 21.2. The summed E-state index contributed by atoms with van der Waals surface area (Å²) in [6.45, 7) is 3.87. The van der Waals surface area contributed by atoms with Crippen molar-refractivity contribution in [2.24, 2.45) is 0 Å². The number of aryl methyl sites for hydroxylation is 2. The van der Waals surface area contributed by atoms with Gasteiger partial charge in [-0.15, -0.1) is 11.8 Å². The van der Waals surface area contributed by atoms with E-state index in [2.05, 4.69) is 21.5 Å². The number of nitrogens with zero attached hydrogens (tertiary/aromatic N) is 3. The van der Waals surface area contributed by atoms with Crippen LogP contribution in [0.2, 0.25) is 0 Å².